The first-order valence-corrected chi connectivity index (χ1v) is 28.8. The Bertz CT molecular complexity index is 2690. The molecule has 4 aromatic carbocycles. The molecule has 3 atom stereocenters. The smallest absolute Gasteiger partial charge is 0.361 e. The van der Waals surface area contributed by atoms with Crippen LogP contribution in [0.3, 0.4) is 0 Å². The van der Waals surface area contributed by atoms with E-state index in [-0.39, 0.29) is 58.0 Å². The lowest BCUT2D eigenvalue weighted by Crippen LogP contribution is -2.65. The van der Waals surface area contributed by atoms with Gasteiger partial charge in [-0.25, -0.2) is 0 Å². The molecule has 4 aromatic rings. The predicted octanol–water partition coefficient (Wildman–Crippen LogP) is 9.10. The second-order valence-corrected chi connectivity index (χ2v) is 25.9. The summed E-state index contributed by atoms with van der Waals surface area (Å²) < 4.78 is 56.9. The van der Waals surface area contributed by atoms with Crippen LogP contribution in [0.25, 0.3) is 10.8 Å². The summed E-state index contributed by atoms with van der Waals surface area (Å²) in [7, 11) is -7.34. The van der Waals surface area contributed by atoms with Crippen molar-refractivity contribution in [2.24, 2.45) is 11.7 Å². The first-order chi connectivity index (χ1) is 34.5. The van der Waals surface area contributed by atoms with Gasteiger partial charge in [0.25, 0.3) is 0 Å². The number of amides is 4. The summed E-state index contributed by atoms with van der Waals surface area (Å²) >= 11 is 0. The van der Waals surface area contributed by atoms with E-state index in [2.05, 4.69) is 16.0 Å². The van der Waals surface area contributed by atoms with Gasteiger partial charge >= 0.3 is 21.2 Å². The van der Waals surface area contributed by atoms with Crippen LogP contribution >= 0.6 is 15.2 Å². The third-order valence-corrected chi connectivity index (χ3v) is 16.5. The Hall–Kier alpha value is -5.21. The number of nitrogens with one attached hydrogen (secondary N) is 3. The van der Waals surface area contributed by atoms with Crippen molar-refractivity contribution in [2.75, 3.05) is 19.8 Å². The molecular formula is C56H78N4O12P2. The van der Waals surface area contributed by atoms with Crippen molar-refractivity contribution in [3.8, 4) is 0 Å². The van der Waals surface area contributed by atoms with Gasteiger partial charge in [-0.2, -0.15) is 0 Å². The van der Waals surface area contributed by atoms with E-state index < -0.39 is 85.5 Å². The summed E-state index contributed by atoms with van der Waals surface area (Å²) in [5, 5.41) is 11.2. The largest absolute Gasteiger partial charge is 0.460 e. The number of carbonyl (C=O) groups excluding carboxylic acids is 5. The van der Waals surface area contributed by atoms with Crippen LogP contribution in [-0.2, 0) is 87.8 Å². The third-order valence-electron chi connectivity index (χ3n) is 12.0. The van der Waals surface area contributed by atoms with Gasteiger partial charge in [0.05, 0.1) is 54.6 Å². The molecule has 74 heavy (non-hydrogen) atoms. The number of aryl methyl sites for hydroxylation is 2. The number of hydrogen-bond donors (Lipinski definition) is 4. The molecule has 0 heterocycles. The highest BCUT2D eigenvalue weighted by Gasteiger charge is 2.46. The maximum Gasteiger partial charge on any atom is 0.361 e. The van der Waals surface area contributed by atoms with Gasteiger partial charge in [-0.05, 0) is 159 Å². The van der Waals surface area contributed by atoms with Crippen LogP contribution in [-0.4, -0.2) is 77.7 Å². The molecule has 0 saturated heterocycles. The normalized spacial score (nSPS) is 16.1. The Labute approximate surface area is 437 Å². The van der Waals surface area contributed by atoms with E-state index in [0.717, 1.165) is 21.9 Å². The fourth-order valence-corrected chi connectivity index (χ4v) is 13.2. The summed E-state index contributed by atoms with van der Waals surface area (Å²) in [5.74, 6) is -4.55. The van der Waals surface area contributed by atoms with Crippen LogP contribution in [0.15, 0.2) is 84.9 Å². The Balaban J connectivity index is 1.46. The fraction of sp³-hybridized carbons (Fsp3) is 0.518. The zero-order chi connectivity index (χ0) is 54.7. The minimum Gasteiger partial charge on any atom is -0.460 e. The predicted molar refractivity (Wildman–Crippen MR) is 288 cm³/mol. The number of benzene rings is 4. The molecule has 0 aliphatic heterocycles. The van der Waals surface area contributed by atoms with Gasteiger partial charge in [-0.1, -0.05) is 72.8 Å². The van der Waals surface area contributed by atoms with Crippen LogP contribution in [0.1, 0.15) is 130 Å². The number of rotatable bonds is 24. The van der Waals surface area contributed by atoms with E-state index in [4.69, 9.17) is 28.6 Å². The highest BCUT2D eigenvalue weighted by molar-refractivity contribution is 7.62. The first-order valence-electron chi connectivity index (χ1n) is 25.5. The molecule has 5 rings (SSSR count). The summed E-state index contributed by atoms with van der Waals surface area (Å²) in [6.07, 6.45) is 0.497. The van der Waals surface area contributed by atoms with Gasteiger partial charge in [-0.3, -0.25) is 33.1 Å². The molecule has 0 unspecified atom stereocenters. The average molecular weight is 1060 g/mol. The van der Waals surface area contributed by atoms with Crippen molar-refractivity contribution >= 4 is 60.9 Å². The van der Waals surface area contributed by atoms with Crippen molar-refractivity contribution in [3.05, 3.63) is 113 Å². The molecule has 0 bridgehead atoms. The number of ether oxygens (including phenoxy) is 1. The molecule has 18 heteroatoms. The molecule has 16 nitrogen and oxygen atoms in total. The Kier molecular flexibility index (Phi) is 20.2. The Morgan fingerprint density at radius 1 is 0.730 bits per heavy atom. The lowest BCUT2D eigenvalue weighted by atomic mass is 9.76. The summed E-state index contributed by atoms with van der Waals surface area (Å²) in [6, 6.07) is 24.8. The zero-order valence-corrected chi connectivity index (χ0v) is 46.9. The van der Waals surface area contributed by atoms with Crippen LogP contribution in [0.5, 0.6) is 0 Å². The molecule has 404 valence electrons. The average Bonchev–Trinajstić information content (AvgIpc) is 3.28. The minimum atomic E-state index is -3.69. The summed E-state index contributed by atoms with van der Waals surface area (Å²) in [5.41, 5.74) is 5.39. The van der Waals surface area contributed by atoms with Gasteiger partial charge in [-0.15, -0.1) is 0 Å². The Morgan fingerprint density at radius 2 is 1.35 bits per heavy atom. The molecule has 0 saturated carbocycles. The van der Waals surface area contributed by atoms with E-state index in [0.29, 0.717) is 34.8 Å². The topological polar surface area (TPSA) is 228 Å². The van der Waals surface area contributed by atoms with Gasteiger partial charge in [0.2, 0.25) is 23.6 Å². The van der Waals surface area contributed by atoms with Crippen molar-refractivity contribution in [2.45, 2.75) is 162 Å². The van der Waals surface area contributed by atoms with E-state index in [9.17, 15) is 28.3 Å². The van der Waals surface area contributed by atoms with Crippen LogP contribution in [0.2, 0.25) is 0 Å². The molecule has 5 N–H and O–H groups in total. The van der Waals surface area contributed by atoms with Gasteiger partial charge in [0, 0.05) is 13.0 Å². The molecule has 1 aliphatic carbocycles. The van der Waals surface area contributed by atoms with Crippen LogP contribution < -0.4 is 27.0 Å². The molecule has 4 amide bonds. The quantitative estimate of drug-likeness (QED) is 0.0293. The minimum absolute atomic E-state index is 0.00568. The number of hydrogen-bond acceptors (Lipinski definition) is 12. The molecular weight excluding hydrogens is 983 g/mol. The lowest BCUT2D eigenvalue weighted by Gasteiger charge is -2.39. The third kappa shape index (κ3) is 17.7. The summed E-state index contributed by atoms with van der Waals surface area (Å²) in [6.45, 7) is 19.9. The fourth-order valence-electron chi connectivity index (χ4n) is 9.05. The second kappa shape index (κ2) is 25.1. The monoisotopic (exact) mass is 1060 g/mol. The standard InChI is InChI=1S/C56H78N4O12P2/c1-12-68-74(67,69-13-2)45-28-27-43-36-56(30-29-42(43)33-45,52(65)59-47(35-48(57)61)51(64)58-31-17-21-41-20-16-19-40-18-14-15-22-46(40)41)60-50(63)44(34-49(62)70-53(3,4)5)32-38-23-25-39(26-24-38)37-73(66,71-54(6,7)8)72-55(9,10)11/h14-16,18-20,22-28,33,44,47H,12-13,17,21,29-32,34-37H2,1-11H3,(H2,57,61)(H,58,64)(H,59,65)(H,60,63)/t44-,47-,56-/m0/s1. The highest BCUT2D eigenvalue weighted by Crippen LogP contribution is 2.57. The number of nitrogens with two attached hydrogens (primary N) is 1. The number of fused-ring (bicyclic) bond motifs is 2. The van der Waals surface area contributed by atoms with Gasteiger partial charge in [0.15, 0.2) is 0 Å². The van der Waals surface area contributed by atoms with Crippen molar-refractivity contribution < 1.29 is 55.9 Å². The molecule has 0 fully saturated rings. The zero-order valence-electron chi connectivity index (χ0n) is 45.1. The number of carbonyl (C=O) groups is 5. The van der Waals surface area contributed by atoms with Crippen molar-refractivity contribution in [1.29, 1.82) is 0 Å². The van der Waals surface area contributed by atoms with E-state index in [1.165, 1.54) is 0 Å². The number of esters is 1. The SMILES string of the molecule is CCOP(=O)(OCC)c1ccc2c(c1)CC[C@@](NC(=O)[C@H](CC(=O)OC(C)(C)C)Cc1ccc(CP(=O)(OC(C)(C)C)OC(C)(C)C)cc1)(C(=O)N[C@@H](CC(N)=O)C(=O)NCCCc1cccc3ccccc13)C2. The molecule has 0 aromatic heterocycles. The van der Waals surface area contributed by atoms with Crippen molar-refractivity contribution in [1.82, 2.24) is 16.0 Å². The molecule has 0 radical (unpaired) electrons. The summed E-state index contributed by atoms with van der Waals surface area (Å²) in [4.78, 5) is 70.0. The van der Waals surface area contributed by atoms with E-state index in [1.807, 2.05) is 42.5 Å². The first kappa shape index (κ1) is 59.7. The maximum atomic E-state index is 15.0. The maximum absolute atomic E-state index is 15.0. The highest BCUT2D eigenvalue weighted by atomic mass is 31.2. The van der Waals surface area contributed by atoms with Crippen LogP contribution in [0, 0.1) is 5.92 Å². The van der Waals surface area contributed by atoms with Crippen molar-refractivity contribution in [3.63, 3.8) is 0 Å². The molecule has 0 spiro atoms. The van der Waals surface area contributed by atoms with Crippen LogP contribution in [0.4, 0.5) is 0 Å². The van der Waals surface area contributed by atoms with E-state index >= 15 is 4.79 Å². The lowest BCUT2D eigenvalue weighted by molar-refractivity contribution is -0.157. The number of primary amides is 1. The second-order valence-electron chi connectivity index (χ2n) is 21.9. The van der Waals surface area contributed by atoms with E-state index in [1.54, 1.807) is 119 Å². The molecule has 1 aliphatic rings. The van der Waals surface area contributed by atoms with Gasteiger partial charge in [0.1, 0.15) is 17.2 Å². The van der Waals surface area contributed by atoms with Gasteiger partial charge < -0.3 is 44.5 Å². The Morgan fingerprint density at radius 3 is 1.96 bits per heavy atom.